The Morgan fingerprint density at radius 3 is 2.60 bits per heavy atom. The first-order valence-electron chi connectivity index (χ1n) is 6.55. The molecule has 2 rings (SSSR count). The molecule has 0 aliphatic heterocycles. The number of carbonyl (C=O) groups is 1. The fraction of sp³-hybridized carbons (Fsp3) is 0.357. The molecule has 1 aromatic carbocycles. The summed E-state index contributed by atoms with van der Waals surface area (Å²) in [7, 11) is 0. The summed E-state index contributed by atoms with van der Waals surface area (Å²) >= 11 is 0. The minimum Gasteiger partial charge on any atom is -0.351 e. The predicted molar refractivity (Wildman–Crippen MR) is 76.0 cm³/mol. The zero-order chi connectivity index (χ0) is 14.5. The SMILES string of the molecule is CC(C)[C@H](N)C(=O)NCc1ccc(-n2cncn2)cc1. The molecule has 0 aliphatic rings. The molecule has 0 spiro atoms. The number of nitrogens with one attached hydrogen (secondary N) is 1. The van der Waals surface area contributed by atoms with E-state index >= 15 is 0 Å². The Morgan fingerprint density at radius 1 is 1.35 bits per heavy atom. The largest absolute Gasteiger partial charge is 0.351 e. The Kier molecular flexibility index (Phi) is 4.47. The number of hydrogen-bond donors (Lipinski definition) is 2. The third kappa shape index (κ3) is 3.42. The second-order valence-corrected chi connectivity index (χ2v) is 4.99. The molecule has 6 nitrogen and oxygen atoms in total. The van der Waals surface area contributed by atoms with Crippen LogP contribution in [0.15, 0.2) is 36.9 Å². The van der Waals surface area contributed by atoms with E-state index in [1.165, 1.54) is 6.33 Å². The molecule has 0 aliphatic carbocycles. The van der Waals surface area contributed by atoms with Crippen molar-refractivity contribution in [1.82, 2.24) is 20.1 Å². The van der Waals surface area contributed by atoms with Crippen LogP contribution >= 0.6 is 0 Å². The summed E-state index contributed by atoms with van der Waals surface area (Å²) in [4.78, 5) is 15.7. The second kappa shape index (κ2) is 6.29. The van der Waals surface area contributed by atoms with Crippen LogP contribution in [0, 0.1) is 5.92 Å². The van der Waals surface area contributed by atoms with Crippen molar-refractivity contribution in [3.63, 3.8) is 0 Å². The number of aromatic nitrogens is 3. The molecule has 20 heavy (non-hydrogen) atoms. The number of benzene rings is 1. The number of carbonyl (C=O) groups excluding carboxylic acids is 1. The highest BCUT2D eigenvalue weighted by Crippen LogP contribution is 2.08. The molecule has 1 heterocycles. The topological polar surface area (TPSA) is 85.8 Å². The maximum absolute atomic E-state index is 11.8. The molecule has 0 radical (unpaired) electrons. The van der Waals surface area contributed by atoms with Gasteiger partial charge in [-0.2, -0.15) is 5.10 Å². The maximum Gasteiger partial charge on any atom is 0.237 e. The van der Waals surface area contributed by atoms with E-state index in [9.17, 15) is 4.79 Å². The lowest BCUT2D eigenvalue weighted by atomic mass is 10.0. The first-order valence-corrected chi connectivity index (χ1v) is 6.55. The molecule has 2 aromatic rings. The lowest BCUT2D eigenvalue weighted by molar-refractivity contribution is -0.123. The minimum absolute atomic E-state index is 0.125. The molecular weight excluding hydrogens is 254 g/mol. The summed E-state index contributed by atoms with van der Waals surface area (Å²) in [5, 5.41) is 6.89. The third-order valence-corrected chi connectivity index (χ3v) is 3.11. The van der Waals surface area contributed by atoms with Gasteiger partial charge >= 0.3 is 0 Å². The molecule has 0 saturated heterocycles. The molecule has 0 fully saturated rings. The van der Waals surface area contributed by atoms with Crippen LogP contribution in [-0.4, -0.2) is 26.7 Å². The Balaban J connectivity index is 1.93. The lowest BCUT2D eigenvalue weighted by Crippen LogP contribution is -2.43. The third-order valence-electron chi connectivity index (χ3n) is 3.11. The molecule has 0 saturated carbocycles. The van der Waals surface area contributed by atoms with E-state index in [1.54, 1.807) is 11.0 Å². The van der Waals surface area contributed by atoms with Crippen LogP contribution in [0.5, 0.6) is 0 Å². The molecule has 1 amide bonds. The van der Waals surface area contributed by atoms with E-state index < -0.39 is 6.04 Å². The monoisotopic (exact) mass is 273 g/mol. The molecule has 0 bridgehead atoms. The quantitative estimate of drug-likeness (QED) is 0.846. The summed E-state index contributed by atoms with van der Waals surface area (Å²) in [5.41, 5.74) is 7.72. The second-order valence-electron chi connectivity index (χ2n) is 4.99. The van der Waals surface area contributed by atoms with Crippen LogP contribution in [0.3, 0.4) is 0 Å². The number of hydrogen-bond acceptors (Lipinski definition) is 4. The first-order chi connectivity index (χ1) is 9.58. The van der Waals surface area contributed by atoms with Crippen molar-refractivity contribution in [3.8, 4) is 5.69 Å². The lowest BCUT2D eigenvalue weighted by Gasteiger charge is -2.15. The molecule has 3 N–H and O–H groups in total. The normalized spacial score (nSPS) is 12.4. The predicted octanol–water partition coefficient (Wildman–Crippen LogP) is 0.867. The van der Waals surface area contributed by atoms with Crippen LogP contribution in [0.25, 0.3) is 5.69 Å². The van der Waals surface area contributed by atoms with Gasteiger partial charge in [0.1, 0.15) is 12.7 Å². The van der Waals surface area contributed by atoms with Crippen molar-refractivity contribution in [2.75, 3.05) is 0 Å². The van der Waals surface area contributed by atoms with E-state index in [4.69, 9.17) is 5.73 Å². The van der Waals surface area contributed by atoms with Gasteiger partial charge in [-0.25, -0.2) is 9.67 Å². The highest BCUT2D eigenvalue weighted by Gasteiger charge is 2.16. The Hall–Kier alpha value is -2.21. The van der Waals surface area contributed by atoms with E-state index in [1.807, 2.05) is 38.1 Å². The van der Waals surface area contributed by atoms with Crippen LogP contribution in [0.2, 0.25) is 0 Å². The number of nitrogens with zero attached hydrogens (tertiary/aromatic N) is 3. The van der Waals surface area contributed by atoms with Gasteiger partial charge in [-0.1, -0.05) is 26.0 Å². The van der Waals surface area contributed by atoms with Crippen molar-refractivity contribution >= 4 is 5.91 Å². The van der Waals surface area contributed by atoms with E-state index in [0.717, 1.165) is 11.3 Å². The van der Waals surface area contributed by atoms with Gasteiger partial charge in [-0.15, -0.1) is 0 Å². The zero-order valence-electron chi connectivity index (χ0n) is 11.7. The molecule has 106 valence electrons. The van der Waals surface area contributed by atoms with Crippen molar-refractivity contribution in [2.45, 2.75) is 26.4 Å². The Labute approximate surface area is 118 Å². The van der Waals surface area contributed by atoms with Crippen molar-refractivity contribution in [3.05, 3.63) is 42.5 Å². The highest BCUT2D eigenvalue weighted by atomic mass is 16.2. The summed E-state index contributed by atoms with van der Waals surface area (Å²) in [5.74, 6) is 0.00467. The smallest absolute Gasteiger partial charge is 0.237 e. The minimum atomic E-state index is -0.468. The molecule has 1 aromatic heterocycles. The average molecular weight is 273 g/mol. The van der Waals surface area contributed by atoms with Gasteiger partial charge in [0.05, 0.1) is 11.7 Å². The van der Waals surface area contributed by atoms with Crippen LogP contribution < -0.4 is 11.1 Å². The highest BCUT2D eigenvalue weighted by molar-refractivity contribution is 5.81. The van der Waals surface area contributed by atoms with Crippen LogP contribution in [0.1, 0.15) is 19.4 Å². The van der Waals surface area contributed by atoms with Gasteiger partial charge in [0, 0.05) is 6.54 Å². The number of rotatable bonds is 5. The van der Waals surface area contributed by atoms with Gasteiger partial charge in [0.2, 0.25) is 5.91 Å². The molecule has 1 atom stereocenters. The Morgan fingerprint density at radius 2 is 2.05 bits per heavy atom. The fourth-order valence-corrected chi connectivity index (χ4v) is 1.72. The van der Waals surface area contributed by atoms with Gasteiger partial charge in [0.15, 0.2) is 0 Å². The standard InChI is InChI=1S/C14H19N5O/c1-10(2)13(15)14(20)17-7-11-3-5-12(6-4-11)19-9-16-8-18-19/h3-6,8-10,13H,7,15H2,1-2H3,(H,17,20)/t13-/m0/s1. The van der Waals surface area contributed by atoms with Gasteiger partial charge in [-0.3, -0.25) is 4.79 Å². The van der Waals surface area contributed by atoms with Crippen molar-refractivity contribution in [1.29, 1.82) is 0 Å². The van der Waals surface area contributed by atoms with Gasteiger partial charge < -0.3 is 11.1 Å². The fourth-order valence-electron chi connectivity index (χ4n) is 1.72. The first kappa shape index (κ1) is 14.2. The summed E-state index contributed by atoms with van der Waals surface area (Å²) in [6.45, 7) is 4.32. The summed E-state index contributed by atoms with van der Waals surface area (Å²) in [6, 6.07) is 7.28. The number of nitrogens with two attached hydrogens (primary N) is 1. The van der Waals surface area contributed by atoms with Crippen molar-refractivity contribution < 1.29 is 4.79 Å². The number of amides is 1. The van der Waals surface area contributed by atoms with Crippen LogP contribution in [-0.2, 0) is 11.3 Å². The zero-order valence-corrected chi connectivity index (χ0v) is 11.7. The van der Waals surface area contributed by atoms with E-state index in [2.05, 4.69) is 15.4 Å². The molecule has 0 unspecified atom stereocenters. The van der Waals surface area contributed by atoms with Gasteiger partial charge in [-0.05, 0) is 23.6 Å². The summed E-state index contributed by atoms with van der Waals surface area (Å²) < 4.78 is 1.68. The van der Waals surface area contributed by atoms with E-state index in [0.29, 0.717) is 6.54 Å². The average Bonchev–Trinajstić information content (AvgIpc) is 2.98. The summed E-state index contributed by atoms with van der Waals surface area (Å²) in [6.07, 6.45) is 3.12. The van der Waals surface area contributed by atoms with Crippen molar-refractivity contribution in [2.24, 2.45) is 11.7 Å². The van der Waals surface area contributed by atoms with Gasteiger partial charge in [0.25, 0.3) is 0 Å². The molecular formula is C14H19N5O. The maximum atomic E-state index is 11.8. The Bertz CT molecular complexity index is 547. The van der Waals surface area contributed by atoms with E-state index in [-0.39, 0.29) is 11.8 Å². The van der Waals surface area contributed by atoms with Crippen LogP contribution in [0.4, 0.5) is 0 Å². The molecule has 6 heteroatoms.